The van der Waals surface area contributed by atoms with Gasteiger partial charge < -0.3 is 15.0 Å². The molecule has 1 aromatic carbocycles. The number of ether oxygens (including phenoxy) is 1. The van der Waals surface area contributed by atoms with Crippen molar-refractivity contribution in [2.45, 2.75) is 19.0 Å². The largest absolute Gasteiger partial charge is 0.378 e. The molecule has 2 fully saturated rings. The van der Waals surface area contributed by atoms with Gasteiger partial charge in [0.05, 0.1) is 13.2 Å². The Balaban J connectivity index is 1.36. The number of nitrogens with one attached hydrogen (secondary N) is 1. The van der Waals surface area contributed by atoms with Crippen LogP contribution in [0.15, 0.2) is 30.5 Å². The van der Waals surface area contributed by atoms with E-state index in [1.54, 1.807) is 6.20 Å². The number of halogens is 2. The number of rotatable bonds is 5. The summed E-state index contributed by atoms with van der Waals surface area (Å²) in [4.78, 5) is 13.1. The van der Waals surface area contributed by atoms with Crippen LogP contribution in [0.4, 0.5) is 20.5 Å². The van der Waals surface area contributed by atoms with Crippen molar-refractivity contribution in [1.29, 1.82) is 0 Å². The van der Waals surface area contributed by atoms with Crippen molar-refractivity contribution in [1.82, 2.24) is 14.9 Å². The topological polar surface area (TPSA) is 53.5 Å². The monoisotopic (exact) mass is 375 g/mol. The van der Waals surface area contributed by atoms with Crippen LogP contribution < -0.4 is 10.2 Å². The predicted octanol–water partition coefficient (Wildman–Crippen LogP) is 2.28. The second-order valence-electron chi connectivity index (χ2n) is 6.91. The third-order valence-corrected chi connectivity index (χ3v) is 5.00. The van der Waals surface area contributed by atoms with Gasteiger partial charge in [-0.15, -0.1) is 0 Å². The molecule has 3 heterocycles. The lowest BCUT2D eigenvalue weighted by atomic mass is 10.2. The first-order valence-electron chi connectivity index (χ1n) is 9.26. The fourth-order valence-electron chi connectivity index (χ4n) is 3.55. The summed E-state index contributed by atoms with van der Waals surface area (Å²) in [5, 5.41) is 3.43. The smallest absolute Gasteiger partial charge is 0.227 e. The molecule has 2 aromatic rings. The summed E-state index contributed by atoms with van der Waals surface area (Å²) in [5.41, 5.74) is 0.134. The van der Waals surface area contributed by atoms with Crippen LogP contribution in [0.1, 0.15) is 12.0 Å². The molecule has 0 spiro atoms. The van der Waals surface area contributed by atoms with Gasteiger partial charge >= 0.3 is 0 Å². The maximum absolute atomic E-state index is 13.9. The van der Waals surface area contributed by atoms with Crippen molar-refractivity contribution >= 4 is 11.8 Å². The highest BCUT2D eigenvalue weighted by Crippen LogP contribution is 2.21. The zero-order valence-corrected chi connectivity index (χ0v) is 15.1. The number of likely N-dealkylation sites (tertiary alicyclic amines) is 1. The van der Waals surface area contributed by atoms with E-state index in [4.69, 9.17) is 4.74 Å². The summed E-state index contributed by atoms with van der Waals surface area (Å²) < 4.78 is 33.1. The van der Waals surface area contributed by atoms with Crippen molar-refractivity contribution < 1.29 is 13.5 Å². The highest BCUT2D eigenvalue weighted by Gasteiger charge is 2.25. The lowest BCUT2D eigenvalue weighted by Crippen LogP contribution is -2.37. The predicted molar refractivity (Wildman–Crippen MR) is 98.7 cm³/mol. The third-order valence-electron chi connectivity index (χ3n) is 5.00. The van der Waals surface area contributed by atoms with E-state index in [-0.39, 0.29) is 18.2 Å². The van der Waals surface area contributed by atoms with Crippen LogP contribution in [0, 0.1) is 11.6 Å². The van der Waals surface area contributed by atoms with Gasteiger partial charge in [-0.1, -0.05) is 6.07 Å². The molecule has 1 atom stereocenters. The van der Waals surface area contributed by atoms with Crippen molar-refractivity contribution in [2.75, 3.05) is 49.6 Å². The summed E-state index contributed by atoms with van der Waals surface area (Å²) in [6.45, 7) is 4.72. The molecule has 2 saturated heterocycles. The van der Waals surface area contributed by atoms with E-state index in [9.17, 15) is 8.78 Å². The van der Waals surface area contributed by atoms with Crippen molar-refractivity contribution in [3.63, 3.8) is 0 Å². The first-order chi connectivity index (χ1) is 13.2. The molecule has 1 aromatic heterocycles. The van der Waals surface area contributed by atoms with Crippen LogP contribution in [0.25, 0.3) is 0 Å². The molecule has 1 N–H and O–H groups in total. The molecule has 144 valence electrons. The Morgan fingerprint density at radius 2 is 1.89 bits per heavy atom. The zero-order chi connectivity index (χ0) is 18.6. The van der Waals surface area contributed by atoms with Crippen LogP contribution in [0.3, 0.4) is 0 Å². The Labute approximate surface area is 157 Å². The molecule has 0 saturated carbocycles. The number of benzene rings is 1. The normalized spacial score (nSPS) is 20.8. The minimum atomic E-state index is -0.489. The van der Waals surface area contributed by atoms with Crippen LogP contribution >= 0.6 is 0 Å². The van der Waals surface area contributed by atoms with E-state index in [0.29, 0.717) is 25.7 Å². The van der Waals surface area contributed by atoms with Gasteiger partial charge in [-0.3, -0.25) is 4.90 Å². The lowest BCUT2D eigenvalue weighted by Gasteiger charge is -2.27. The van der Waals surface area contributed by atoms with Gasteiger partial charge in [0.2, 0.25) is 5.95 Å². The summed E-state index contributed by atoms with van der Waals surface area (Å²) in [6.07, 6.45) is 2.65. The van der Waals surface area contributed by atoms with Gasteiger partial charge in [-0.05, 0) is 24.6 Å². The van der Waals surface area contributed by atoms with Crippen LogP contribution in [0.2, 0.25) is 0 Å². The summed E-state index contributed by atoms with van der Waals surface area (Å²) in [6, 6.07) is 6.04. The molecule has 4 rings (SSSR count). The molecular weight excluding hydrogens is 352 g/mol. The van der Waals surface area contributed by atoms with E-state index < -0.39 is 11.6 Å². The number of anilines is 2. The van der Waals surface area contributed by atoms with E-state index in [2.05, 4.69) is 25.1 Å². The molecule has 2 aliphatic rings. The molecular formula is C19H23F2N5O. The maximum atomic E-state index is 13.9. The second-order valence-corrected chi connectivity index (χ2v) is 6.91. The lowest BCUT2D eigenvalue weighted by molar-refractivity contribution is 0.122. The van der Waals surface area contributed by atoms with Gasteiger partial charge in [0.15, 0.2) is 0 Å². The summed E-state index contributed by atoms with van der Waals surface area (Å²) in [5.74, 6) is 0.497. The third kappa shape index (κ3) is 4.33. The molecule has 8 heteroatoms. The minimum absolute atomic E-state index is 0.134. The fourth-order valence-corrected chi connectivity index (χ4v) is 3.55. The zero-order valence-electron chi connectivity index (χ0n) is 15.1. The van der Waals surface area contributed by atoms with Crippen LogP contribution in [0.5, 0.6) is 0 Å². The van der Waals surface area contributed by atoms with E-state index in [1.807, 2.05) is 6.07 Å². The first kappa shape index (κ1) is 18.1. The highest BCUT2D eigenvalue weighted by atomic mass is 19.1. The summed E-state index contributed by atoms with van der Waals surface area (Å²) >= 11 is 0. The molecule has 6 nitrogen and oxygen atoms in total. The van der Waals surface area contributed by atoms with Crippen LogP contribution in [-0.2, 0) is 11.3 Å². The molecule has 0 radical (unpaired) electrons. The number of morpholine rings is 1. The van der Waals surface area contributed by atoms with Crippen molar-refractivity contribution in [3.8, 4) is 0 Å². The van der Waals surface area contributed by atoms with Crippen molar-refractivity contribution in [3.05, 3.63) is 47.7 Å². The fraction of sp³-hybridized carbons (Fsp3) is 0.474. The molecule has 0 aliphatic carbocycles. The quantitative estimate of drug-likeness (QED) is 0.865. The summed E-state index contributed by atoms with van der Waals surface area (Å²) in [7, 11) is 0. The number of aromatic nitrogens is 2. The Hall–Kier alpha value is -2.32. The minimum Gasteiger partial charge on any atom is -0.378 e. The van der Waals surface area contributed by atoms with Gasteiger partial charge in [0.1, 0.15) is 17.5 Å². The van der Waals surface area contributed by atoms with Gasteiger partial charge in [-0.25, -0.2) is 13.8 Å². The number of hydrogen-bond acceptors (Lipinski definition) is 6. The second kappa shape index (κ2) is 8.14. The SMILES string of the molecule is Fc1cccc(F)c1CN1CCC(Nc2ccnc(N3CCOCC3)n2)C1. The number of nitrogens with zero attached hydrogens (tertiary/aromatic N) is 4. The highest BCUT2D eigenvalue weighted by molar-refractivity contribution is 5.42. The van der Waals surface area contributed by atoms with Crippen LogP contribution in [-0.4, -0.2) is 60.3 Å². The van der Waals surface area contributed by atoms with E-state index in [0.717, 1.165) is 31.9 Å². The maximum Gasteiger partial charge on any atom is 0.227 e. The average molecular weight is 375 g/mol. The Bertz CT molecular complexity index is 764. The standard InChI is InChI=1S/C19H23F2N5O/c20-16-2-1-3-17(21)15(16)13-25-7-5-14(12-25)23-18-4-6-22-19(24-18)26-8-10-27-11-9-26/h1-4,6,14H,5,7-13H2,(H,22,23,24). The first-order valence-corrected chi connectivity index (χ1v) is 9.26. The number of hydrogen-bond donors (Lipinski definition) is 1. The van der Waals surface area contributed by atoms with E-state index in [1.165, 1.54) is 18.2 Å². The average Bonchev–Trinajstić information content (AvgIpc) is 3.13. The Morgan fingerprint density at radius 1 is 1.11 bits per heavy atom. The van der Waals surface area contributed by atoms with Gasteiger partial charge in [0, 0.05) is 50.5 Å². The van der Waals surface area contributed by atoms with Gasteiger partial charge in [0.25, 0.3) is 0 Å². The molecule has 0 amide bonds. The molecule has 1 unspecified atom stereocenters. The Kier molecular flexibility index (Phi) is 5.45. The molecule has 0 bridgehead atoms. The van der Waals surface area contributed by atoms with Crippen molar-refractivity contribution in [2.24, 2.45) is 0 Å². The Morgan fingerprint density at radius 3 is 2.67 bits per heavy atom. The molecule has 2 aliphatic heterocycles. The van der Waals surface area contributed by atoms with E-state index >= 15 is 0 Å². The molecule has 27 heavy (non-hydrogen) atoms. The van der Waals surface area contributed by atoms with Gasteiger partial charge in [-0.2, -0.15) is 4.98 Å².